The van der Waals surface area contributed by atoms with E-state index < -0.39 is 0 Å². The number of amides is 1. The largest absolute Gasteiger partial charge is 0.369 e. The number of carbonyl (C=O) groups is 1. The van der Waals surface area contributed by atoms with Crippen LogP contribution in [0.5, 0.6) is 0 Å². The van der Waals surface area contributed by atoms with Crippen molar-refractivity contribution in [3.8, 4) is 0 Å². The van der Waals surface area contributed by atoms with Gasteiger partial charge in [-0.25, -0.2) is 0 Å². The fraction of sp³-hybridized carbons (Fsp3) is 0.500. The molecular formula is C14H22N2O. The Bertz CT molecular complexity index is 348. The third-order valence-corrected chi connectivity index (χ3v) is 3.25. The minimum Gasteiger partial charge on any atom is -0.369 e. The van der Waals surface area contributed by atoms with Crippen molar-refractivity contribution in [2.24, 2.45) is 5.73 Å². The third-order valence-electron chi connectivity index (χ3n) is 3.25. The average molecular weight is 234 g/mol. The summed E-state index contributed by atoms with van der Waals surface area (Å²) in [5.41, 5.74) is 6.53. The van der Waals surface area contributed by atoms with E-state index in [9.17, 15) is 4.79 Å². The molecular weight excluding hydrogens is 212 g/mol. The average Bonchev–Trinajstić information content (AvgIpc) is 2.30. The minimum absolute atomic E-state index is 0.191. The zero-order valence-electron chi connectivity index (χ0n) is 10.9. The summed E-state index contributed by atoms with van der Waals surface area (Å²) in [7, 11) is 4.08. The van der Waals surface area contributed by atoms with Crippen molar-refractivity contribution in [3.05, 3.63) is 35.9 Å². The minimum atomic E-state index is -0.239. The van der Waals surface area contributed by atoms with Crippen LogP contribution in [0.15, 0.2) is 30.3 Å². The summed E-state index contributed by atoms with van der Waals surface area (Å²) < 4.78 is 0. The van der Waals surface area contributed by atoms with Crippen LogP contribution >= 0.6 is 0 Å². The SMILES string of the molecule is CCC(CC(C(N)=O)c1ccccc1)N(C)C. The molecule has 2 N–H and O–H groups in total. The Hall–Kier alpha value is -1.35. The van der Waals surface area contributed by atoms with Gasteiger partial charge in [0.2, 0.25) is 5.91 Å². The van der Waals surface area contributed by atoms with Crippen LogP contribution in [-0.4, -0.2) is 30.9 Å². The summed E-state index contributed by atoms with van der Waals surface area (Å²) in [4.78, 5) is 13.7. The van der Waals surface area contributed by atoms with E-state index in [0.717, 1.165) is 18.4 Å². The number of benzene rings is 1. The summed E-state index contributed by atoms with van der Waals surface area (Å²) in [5.74, 6) is -0.431. The molecule has 17 heavy (non-hydrogen) atoms. The van der Waals surface area contributed by atoms with Gasteiger partial charge < -0.3 is 10.6 Å². The molecule has 0 fully saturated rings. The van der Waals surface area contributed by atoms with Gasteiger partial charge in [-0.2, -0.15) is 0 Å². The van der Waals surface area contributed by atoms with Gasteiger partial charge in [-0.3, -0.25) is 4.79 Å². The van der Waals surface area contributed by atoms with E-state index in [1.807, 2.05) is 44.4 Å². The highest BCUT2D eigenvalue weighted by molar-refractivity contribution is 5.81. The van der Waals surface area contributed by atoms with Crippen LogP contribution < -0.4 is 5.73 Å². The van der Waals surface area contributed by atoms with Crippen LogP contribution in [0.3, 0.4) is 0 Å². The Kier molecular flexibility index (Phi) is 5.16. The predicted octanol–water partition coefficient (Wildman–Crippen LogP) is 1.99. The number of carbonyl (C=O) groups excluding carboxylic acids is 1. The van der Waals surface area contributed by atoms with Gasteiger partial charge in [0.15, 0.2) is 0 Å². The van der Waals surface area contributed by atoms with E-state index >= 15 is 0 Å². The van der Waals surface area contributed by atoms with E-state index in [0.29, 0.717) is 6.04 Å². The van der Waals surface area contributed by atoms with E-state index in [1.165, 1.54) is 0 Å². The second-order valence-electron chi connectivity index (χ2n) is 4.63. The summed E-state index contributed by atoms with van der Waals surface area (Å²) >= 11 is 0. The van der Waals surface area contributed by atoms with Crippen molar-refractivity contribution in [1.29, 1.82) is 0 Å². The zero-order chi connectivity index (χ0) is 12.8. The molecule has 0 bridgehead atoms. The van der Waals surface area contributed by atoms with Gasteiger partial charge in [0.05, 0.1) is 5.92 Å². The summed E-state index contributed by atoms with van der Waals surface area (Å²) in [5, 5.41) is 0. The lowest BCUT2D eigenvalue weighted by Crippen LogP contribution is -2.33. The van der Waals surface area contributed by atoms with E-state index in [-0.39, 0.29) is 11.8 Å². The van der Waals surface area contributed by atoms with E-state index in [2.05, 4.69) is 11.8 Å². The Morgan fingerprint density at radius 3 is 2.29 bits per heavy atom. The van der Waals surface area contributed by atoms with Crippen molar-refractivity contribution < 1.29 is 4.79 Å². The maximum atomic E-state index is 11.6. The second-order valence-corrected chi connectivity index (χ2v) is 4.63. The van der Waals surface area contributed by atoms with E-state index in [1.54, 1.807) is 0 Å². The van der Waals surface area contributed by atoms with Crippen molar-refractivity contribution in [2.75, 3.05) is 14.1 Å². The topological polar surface area (TPSA) is 46.3 Å². The molecule has 0 aromatic heterocycles. The van der Waals surface area contributed by atoms with Crippen LogP contribution in [0.25, 0.3) is 0 Å². The Balaban J connectivity index is 2.84. The Morgan fingerprint density at radius 1 is 1.29 bits per heavy atom. The first-order valence-electron chi connectivity index (χ1n) is 6.07. The lowest BCUT2D eigenvalue weighted by Gasteiger charge is -2.26. The molecule has 0 heterocycles. The molecule has 0 aliphatic heterocycles. The van der Waals surface area contributed by atoms with Crippen LogP contribution in [0.4, 0.5) is 0 Å². The number of hydrogen-bond donors (Lipinski definition) is 1. The fourth-order valence-corrected chi connectivity index (χ4v) is 2.12. The van der Waals surface area contributed by atoms with Gasteiger partial charge in [-0.1, -0.05) is 37.3 Å². The van der Waals surface area contributed by atoms with Gasteiger partial charge in [-0.15, -0.1) is 0 Å². The lowest BCUT2D eigenvalue weighted by atomic mass is 9.90. The fourth-order valence-electron chi connectivity index (χ4n) is 2.12. The number of rotatable bonds is 6. The summed E-state index contributed by atoms with van der Waals surface area (Å²) in [6.07, 6.45) is 1.80. The van der Waals surface area contributed by atoms with Crippen LogP contribution in [0.2, 0.25) is 0 Å². The van der Waals surface area contributed by atoms with Crippen molar-refractivity contribution >= 4 is 5.91 Å². The van der Waals surface area contributed by atoms with Crippen molar-refractivity contribution in [3.63, 3.8) is 0 Å². The third kappa shape index (κ3) is 3.86. The van der Waals surface area contributed by atoms with Crippen molar-refractivity contribution in [2.45, 2.75) is 31.7 Å². The maximum Gasteiger partial charge on any atom is 0.225 e. The molecule has 0 radical (unpaired) electrons. The molecule has 3 nitrogen and oxygen atoms in total. The van der Waals surface area contributed by atoms with Gasteiger partial charge >= 0.3 is 0 Å². The number of nitrogens with two attached hydrogens (primary N) is 1. The molecule has 2 unspecified atom stereocenters. The highest BCUT2D eigenvalue weighted by Gasteiger charge is 2.22. The maximum absolute atomic E-state index is 11.6. The molecule has 0 aliphatic rings. The zero-order valence-corrected chi connectivity index (χ0v) is 10.9. The number of hydrogen-bond acceptors (Lipinski definition) is 2. The highest BCUT2D eigenvalue weighted by Crippen LogP contribution is 2.23. The van der Waals surface area contributed by atoms with Gasteiger partial charge in [0.25, 0.3) is 0 Å². The first-order chi connectivity index (χ1) is 8.06. The molecule has 0 saturated heterocycles. The van der Waals surface area contributed by atoms with Crippen LogP contribution in [0.1, 0.15) is 31.2 Å². The summed E-state index contributed by atoms with van der Waals surface area (Å²) in [6.45, 7) is 2.13. The number of primary amides is 1. The predicted molar refractivity (Wildman–Crippen MR) is 70.8 cm³/mol. The van der Waals surface area contributed by atoms with Gasteiger partial charge in [0, 0.05) is 6.04 Å². The lowest BCUT2D eigenvalue weighted by molar-refractivity contribution is -0.119. The van der Waals surface area contributed by atoms with Gasteiger partial charge in [-0.05, 0) is 32.5 Å². The van der Waals surface area contributed by atoms with Crippen LogP contribution in [0, 0.1) is 0 Å². The Labute approximate surface area is 104 Å². The molecule has 2 atom stereocenters. The van der Waals surface area contributed by atoms with Crippen molar-refractivity contribution in [1.82, 2.24) is 4.90 Å². The molecule has 1 amide bonds. The molecule has 0 aliphatic carbocycles. The monoisotopic (exact) mass is 234 g/mol. The molecule has 1 rings (SSSR count). The van der Waals surface area contributed by atoms with Gasteiger partial charge in [0.1, 0.15) is 0 Å². The van der Waals surface area contributed by atoms with Crippen LogP contribution in [-0.2, 0) is 4.79 Å². The molecule has 0 spiro atoms. The second kappa shape index (κ2) is 6.40. The smallest absolute Gasteiger partial charge is 0.225 e. The van der Waals surface area contributed by atoms with E-state index in [4.69, 9.17) is 5.73 Å². The number of nitrogens with zero attached hydrogens (tertiary/aromatic N) is 1. The standard InChI is InChI=1S/C14H22N2O/c1-4-12(16(2)3)10-13(14(15)17)11-8-6-5-7-9-11/h5-9,12-13H,4,10H2,1-3H3,(H2,15,17). The Morgan fingerprint density at radius 2 is 1.88 bits per heavy atom. The normalized spacial score (nSPS) is 14.6. The quantitative estimate of drug-likeness (QED) is 0.818. The first-order valence-corrected chi connectivity index (χ1v) is 6.07. The molecule has 1 aromatic carbocycles. The molecule has 3 heteroatoms. The first kappa shape index (κ1) is 13.7. The highest BCUT2D eigenvalue weighted by atomic mass is 16.1. The molecule has 94 valence electrons. The molecule has 1 aromatic rings. The summed E-state index contributed by atoms with van der Waals surface area (Å²) in [6, 6.07) is 10.2. The molecule has 0 saturated carbocycles.